The van der Waals surface area contributed by atoms with E-state index in [4.69, 9.17) is 28.9 Å². The van der Waals surface area contributed by atoms with Gasteiger partial charge in [-0.1, -0.05) is 47.6 Å². The smallest absolute Gasteiger partial charge is 0.259 e. The molecule has 0 aliphatic carbocycles. The first-order valence-corrected chi connectivity index (χ1v) is 11.3. The van der Waals surface area contributed by atoms with Gasteiger partial charge in [0.25, 0.3) is 5.71 Å². The zero-order valence-corrected chi connectivity index (χ0v) is 18.6. The van der Waals surface area contributed by atoms with Crippen LogP contribution in [0.15, 0.2) is 71.3 Å². The molecule has 0 radical (unpaired) electrons. The number of pyridine rings is 1. The minimum Gasteiger partial charge on any atom is -0.454 e. The van der Waals surface area contributed by atoms with Crippen LogP contribution in [0.25, 0.3) is 66.0 Å². The fourth-order valence-electron chi connectivity index (χ4n) is 5.15. The van der Waals surface area contributed by atoms with Crippen molar-refractivity contribution in [2.24, 2.45) is 0 Å². The van der Waals surface area contributed by atoms with Crippen molar-refractivity contribution in [3.05, 3.63) is 72.4 Å². The number of hydrogen-bond donors (Lipinski definition) is 0. The van der Waals surface area contributed by atoms with Crippen LogP contribution in [-0.4, -0.2) is 26.9 Å². The Labute approximate surface area is 197 Å². The highest BCUT2D eigenvalue weighted by molar-refractivity contribution is 6.29. The molecule has 166 valence electrons. The van der Waals surface area contributed by atoms with Crippen molar-refractivity contribution >= 4 is 54.8 Å². The number of para-hydroxylation sites is 2. The maximum Gasteiger partial charge on any atom is 0.259 e. The van der Waals surface area contributed by atoms with E-state index in [9.17, 15) is 0 Å². The predicted molar refractivity (Wildman–Crippen MR) is 134 cm³/mol. The lowest BCUT2D eigenvalue weighted by atomic mass is 9.93. The number of fused-ring (bicyclic) bond motifs is 9. The van der Waals surface area contributed by atoms with Crippen LogP contribution in [-0.2, 0) is 0 Å². The normalized spacial score (nSPS) is 13.1. The van der Waals surface area contributed by atoms with Crippen LogP contribution in [0.1, 0.15) is 5.69 Å². The first-order chi connectivity index (χ1) is 17.3. The van der Waals surface area contributed by atoms with E-state index in [0.717, 1.165) is 71.7 Å². The molecule has 4 aromatic carbocycles. The summed E-state index contributed by atoms with van der Waals surface area (Å²) in [5.74, 6) is 1.43. The molecule has 0 bridgehead atoms. The summed E-state index contributed by atoms with van der Waals surface area (Å²) in [4.78, 5) is 15.2. The van der Waals surface area contributed by atoms with Crippen molar-refractivity contribution in [1.29, 1.82) is 0 Å². The Morgan fingerprint density at radius 1 is 0.686 bits per heavy atom. The molecule has 1 aliphatic heterocycles. The molecule has 1 aliphatic rings. The summed E-state index contributed by atoms with van der Waals surface area (Å²) in [6, 6.07) is 22.1. The molecule has 35 heavy (non-hydrogen) atoms. The molecule has 8 rings (SSSR count). The lowest BCUT2D eigenvalue weighted by molar-refractivity contribution is 0.174. The summed E-state index contributed by atoms with van der Waals surface area (Å²) in [7, 11) is 0. The van der Waals surface area contributed by atoms with Crippen molar-refractivity contribution < 1.29 is 14.0 Å². The third kappa shape index (κ3) is 2.49. The maximum atomic E-state index is 5.71. The Bertz CT molecular complexity index is 2010. The minimum absolute atomic E-state index is 0.211. The largest absolute Gasteiger partial charge is 0.454 e. The van der Waals surface area contributed by atoms with Gasteiger partial charge in [0.1, 0.15) is 5.52 Å². The lowest BCUT2D eigenvalue weighted by Crippen LogP contribution is -1.96. The van der Waals surface area contributed by atoms with E-state index >= 15 is 0 Å². The highest BCUT2D eigenvalue weighted by atomic mass is 16.7. The molecule has 0 unspecified atom stereocenters. The van der Waals surface area contributed by atoms with Gasteiger partial charge in [0.05, 0.1) is 33.1 Å². The van der Waals surface area contributed by atoms with Gasteiger partial charge >= 0.3 is 0 Å². The van der Waals surface area contributed by atoms with Crippen molar-refractivity contribution in [3.63, 3.8) is 0 Å². The Hall–Kier alpha value is -4.78. The molecule has 0 saturated carbocycles. The number of hydrogen-bond acceptors (Lipinski definition) is 7. The zero-order valence-electron chi connectivity index (χ0n) is 18.6. The summed E-state index contributed by atoms with van der Waals surface area (Å²) in [6.45, 7) is 2.14. The lowest BCUT2D eigenvalue weighted by Gasteiger charge is -2.14. The van der Waals surface area contributed by atoms with E-state index in [2.05, 4.69) is 17.3 Å². The third-order valence-electron chi connectivity index (χ3n) is 6.70. The van der Waals surface area contributed by atoms with Crippen LogP contribution in [0.3, 0.4) is 0 Å². The van der Waals surface area contributed by atoms with Gasteiger partial charge in [0.15, 0.2) is 11.5 Å². The number of benzene rings is 4. The first-order valence-electron chi connectivity index (χ1n) is 11.3. The first kappa shape index (κ1) is 18.6. The van der Waals surface area contributed by atoms with Crippen molar-refractivity contribution in [1.82, 2.24) is 20.1 Å². The third-order valence-corrected chi connectivity index (χ3v) is 6.70. The average Bonchev–Trinajstić information content (AvgIpc) is 3.52. The zero-order chi connectivity index (χ0) is 23.1. The second-order valence-corrected chi connectivity index (χ2v) is 8.68. The topological polar surface area (TPSA) is 83.2 Å². The highest BCUT2D eigenvalue weighted by Crippen LogP contribution is 2.45. The van der Waals surface area contributed by atoms with Gasteiger partial charge < -0.3 is 14.0 Å². The summed E-state index contributed by atoms with van der Waals surface area (Å²) in [5, 5.41) is 8.00. The molecular weight excluding hydrogens is 440 g/mol. The van der Waals surface area contributed by atoms with E-state index in [0.29, 0.717) is 11.5 Å². The fourth-order valence-corrected chi connectivity index (χ4v) is 5.15. The van der Waals surface area contributed by atoms with E-state index < -0.39 is 0 Å². The van der Waals surface area contributed by atoms with Gasteiger partial charge in [-0.2, -0.15) is 0 Å². The summed E-state index contributed by atoms with van der Waals surface area (Å²) in [6.07, 6.45) is 0. The van der Waals surface area contributed by atoms with Crippen LogP contribution in [0, 0.1) is 6.92 Å². The van der Waals surface area contributed by atoms with Crippen LogP contribution in [0.4, 0.5) is 0 Å². The fraction of sp³-hybridized carbons (Fsp3) is 0.0714. The van der Waals surface area contributed by atoms with Gasteiger partial charge in [-0.3, -0.25) is 0 Å². The molecule has 0 spiro atoms. The Morgan fingerprint density at radius 2 is 1.40 bits per heavy atom. The maximum absolute atomic E-state index is 5.71. The van der Waals surface area contributed by atoms with Gasteiger partial charge in [0.2, 0.25) is 6.79 Å². The van der Waals surface area contributed by atoms with Gasteiger partial charge in [-0.25, -0.2) is 15.0 Å². The standard InChI is InChI=1S/C28H16N4O3/c1-14-22-23(15-10-11-20-21(12-15)34-13-33-20)24-25(31-28(22)35-32-14)16-6-2-3-7-17(16)26-27(24)30-19-9-5-4-8-18(19)29-26/h2-12H,13H2,1H3. The number of nitrogens with zero attached hydrogens (tertiary/aromatic N) is 4. The molecule has 0 fully saturated rings. The van der Waals surface area contributed by atoms with Crippen molar-refractivity contribution in [2.75, 3.05) is 6.79 Å². The number of aryl methyl sites for hydroxylation is 1. The van der Waals surface area contributed by atoms with Gasteiger partial charge in [0, 0.05) is 21.7 Å². The van der Waals surface area contributed by atoms with Gasteiger partial charge in [-0.05, 0) is 36.8 Å². The average molecular weight is 456 g/mol. The summed E-state index contributed by atoms with van der Waals surface area (Å²) < 4.78 is 17.0. The quantitative estimate of drug-likeness (QED) is 0.211. The molecule has 0 amide bonds. The second kappa shape index (κ2) is 6.64. The van der Waals surface area contributed by atoms with Crippen LogP contribution in [0.2, 0.25) is 0 Å². The predicted octanol–water partition coefficient (Wildman–Crippen LogP) is 6.33. The Balaban J connectivity index is 1.67. The van der Waals surface area contributed by atoms with Crippen molar-refractivity contribution in [2.45, 2.75) is 6.92 Å². The number of rotatable bonds is 1. The molecule has 7 nitrogen and oxygen atoms in total. The number of aromatic nitrogens is 4. The molecule has 0 atom stereocenters. The summed E-state index contributed by atoms with van der Waals surface area (Å²) >= 11 is 0. The molecule has 0 N–H and O–H groups in total. The SMILES string of the molecule is Cc1noc2nc3c4ccccc4c4nc5ccccc5nc4c3c(-c3ccc4c(c3)OCO4)c12. The van der Waals surface area contributed by atoms with E-state index in [1.54, 1.807) is 0 Å². The molecule has 0 saturated heterocycles. The summed E-state index contributed by atoms with van der Waals surface area (Å²) in [5.41, 5.74) is 7.25. The molecule has 4 heterocycles. The Morgan fingerprint density at radius 3 is 2.23 bits per heavy atom. The van der Waals surface area contributed by atoms with Crippen molar-refractivity contribution in [3.8, 4) is 22.6 Å². The van der Waals surface area contributed by atoms with Crippen LogP contribution in [0.5, 0.6) is 11.5 Å². The minimum atomic E-state index is 0.211. The van der Waals surface area contributed by atoms with E-state index in [-0.39, 0.29) is 6.79 Å². The second-order valence-electron chi connectivity index (χ2n) is 8.68. The monoisotopic (exact) mass is 456 g/mol. The molecule has 7 heteroatoms. The van der Waals surface area contributed by atoms with Crippen LogP contribution < -0.4 is 9.47 Å². The number of ether oxygens (including phenoxy) is 2. The van der Waals surface area contributed by atoms with E-state index in [1.165, 1.54) is 0 Å². The molecule has 3 aromatic heterocycles. The molecular formula is C28H16N4O3. The van der Waals surface area contributed by atoms with Crippen LogP contribution >= 0.6 is 0 Å². The van der Waals surface area contributed by atoms with E-state index in [1.807, 2.05) is 61.5 Å². The Kier molecular flexibility index (Phi) is 3.53. The molecule has 7 aromatic rings. The van der Waals surface area contributed by atoms with Gasteiger partial charge in [-0.15, -0.1) is 0 Å². The highest BCUT2D eigenvalue weighted by Gasteiger charge is 2.24.